The van der Waals surface area contributed by atoms with Gasteiger partial charge in [0.15, 0.2) is 11.6 Å². The highest BCUT2D eigenvalue weighted by Crippen LogP contribution is 2.17. The van der Waals surface area contributed by atoms with Gasteiger partial charge in [-0.2, -0.15) is 0 Å². The fourth-order valence-electron chi connectivity index (χ4n) is 1.81. The molecule has 3 nitrogen and oxygen atoms in total. The number of rotatable bonds is 4. The first kappa shape index (κ1) is 12.3. The van der Waals surface area contributed by atoms with Gasteiger partial charge in [0.2, 0.25) is 0 Å². The minimum absolute atomic E-state index is 0.0138. The van der Waals surface area contributed by atoms with Gasteiger partial charge in [0.1, 0.15) is 12.4 Å². The normalized spacial score (nSPS) is 17.1. The van der Waals surface area contributed by atoms with Crippen molar-refractivity contribution in [1.29, 1.82) is 0 Å². The van der Waals surface area contributed by atoms with Crippen molar-refractivity contribution in [1.82, 2.24) is 10.2 Å². The van der Waals surface area contributed by atoms with Gasteiger partial charge in [-0.25, -0.2) is 8.78 Å². The number of ether oxygens (including phenoxy) is 1. The second-order valence-corrected chi connectivity index (χ2v) is 4.01. The van der Waals surface area contributed by atoms with Crippen LogP contribution in [0.4, 0.5) is 8.78 Å². The van der Waals surface area contributed by atoms with Crippen molar-refractivity contribution in [3.63, 3.8) is 0 Å². The van der Waals surface area contributed by atoms with Crippen LogP contribution in [-0.2, 0) is 0 Å². The predicted octanol–water partition coefficient (Wildman–Crippen LogP) is 1.25. The van der Waals surface area contributed by atoms with Crippen LogP contribution in [0, 0.1) is 11.6 Å². The van der Waals surface area contributed by atoms with E-state index < -0.39 is 11.6 Å². The summed E-state index contributed by atoms with van der Waals surface area (Å²) >= 11 is 0. The fourth-order valence-corrected chi connectivity index (χ4v) is 1.81. The lowest BCUT2D eigenvalue weighted by Crippen LogP contribution is -2.44. The highest BCUT2D eigenvalue weighted by Gasteiger charge is 2.10. The van der Waals surface area contributed by atoms with Crippen LogP contribution in [-0.4, -0.2) is 44.2 Å². The summed E-state index contributed by atoms with van der Waals surface area (Å²) in [6.07, 6.45) is 0. The summed E-state index contributed by atoms with van der Waals surface area (Å²) in [5.74, 6) is -1.02. The molecule has 0 bridgehead atoms. The maximum Gasteiger partial charge on any atom is 0.165 e. The first-order valence-electron chi connectivity index (χ1n) is 5.76. The highest BCUT2D eigenvalue weighted by molar-refractivity contribution is 5.24. The molecule has 1 heterocycles. The highest BCUT2D eigenvalue weighted by atomic mass is 19.1. The Morgan fingerprint density at radius 2 is 2.00 bits per heavy atom. The van der Waals surface area contributed by atoms with Gasteiger partial charge in [-0.15, -0.1) is 0 Å². The molecule has 17 heavy (non-hydrogen) atoms. The van der Waals surface area contributed by atoms with Gasteiger partial charge in [-0.3, -0.25) is 4.90 Å². The molecular weight excluding hydrogens is 226 g/mol. The van der Waals surface area contributed by atoms with Crippen LogP contribution >= 0.6 is 0 Å². The molecular formula is C12H16F2N2O. The third kappa shape index (κ3) is 3.64. The van der Waals surface area contributed by atoms with Crippen molar-refractivity contribution >= 4 is 0 Å². The molecule has 0 unspecified atom stereocenters. The van der Waals surface area contributed by atoms with Gasteiger partial charge >= 0.3 is 0 Å². The topological polar surface area (TPSA) is 24.5 Å². The summed E-state index contributed by atoms with van der Waals surface area (Å²) in [4.78, 5) is 2.23. The van der Waals surface area contributed by atoms with Crippen LogP contribution in [0.5, 0.6) is 5.75 Å². The SMILES string of the molecule is Fc1ccc(F)c(OCCN2CCNCC2)c1. The maximum atomic E-state index is 13.2. The third-order valence-electron chi connectivity index (χ3n) is 2.77. The van der Waals surface area contributed by atoms with Crippen LogP contribution in [0.1, 0.15) is 0 Å². The van der Waals surface area contributed by atoms with Crippen molar-refractivity contribution in [2.75, 3.05) is 39.3 Å². The summed E-state index contributed by atoms with van der Waals surface area (Å²) in [7, 11) is 0. The van der Waals surface area contributed by atoms with E-state index >= 15 is 0 Å². The van der Waals surface area contributed by atoms with E-state index in [1.54, 1.807) is 0 Å². The van der Waals surface area contributed by atoms with E-state index in [-0.39, 0.29) is 5.75 Å². The molecule has 1 fully saturated rings. The molecule has 94 valence electrons. The quantitative estimate of drug-likeness (QED) is 0.860. The molecule has 0 atom stereocenters. The monoisotopic (exact) mass is 242 g/mol. The Labute approximate surface area is 99.4 Å². The molecule has 0 aromatic heterocycles. The molecule has 1 aliphatic rings. The van der Waals surface area contributed by atoms with Gasteiger partial charge in [0, 0.05) is 38.8 Å². The lowest BCUT2D eigenvalue weighted by molar-refractivity contribution is 0.187. The molecule has 1 aromatic rings. The molecule has 5 heteroatoms. The Kier molecular flexibility index (Phi) is 4.28. The smallest absolute Gasteiger partial charge is 0.165 e. The Bertz CT molecular complexity index is 368. The third-order valence-corrected chi connectivity index (χ3v) is 2.77. The first-order valence-corrected chi connectivity index (χ1v) is 5.76. The van der Waals surface area contributed by atoms with Gasteiger partial charge in [0.05, 0.1) is 0 Å². The zero-order valence-electron chi connectivity index (χ0n) is 9.59. The standard InChI is InChI=1S/C12H16F2N2O/c13-10-1-2-11(14)12(9-10)17-8-7-16-5-3-15-4-6-16/h1-2,9,15H,3-8H2. The first-order chi connectivity index (χ1) is 8.25. The zero-order chi connectivity index (χ0) is 12.1. The number of hydrogen-bond donors (Lipinski definition) is 1. The van der Waals surface area contributed by atoms with Crippen molar-refractivity contribution in [2.24, 2.45) is 0 Å². The van der Waals surface area contributed by atoms with Crippen molar-refractivity contribution in [3.8, 4) is 5.75 Å². The van der Waals surface area contributed by atoms with Gasteiger partial charge < -0.3 is 10.1 Å². The number of benzene rings is 1. The summed E-state index contributed by atoms with van der Waals surface area (Å²) < 4.78 is 31.3. The van der Waals surface area contributed by atoms with E-state index in [9.17, 15) is 8.78 Å². The van der Waals surface area contributed by atoms with Crippen molar-refractivity contribution < 1.29 is 13.5 Å². The average molecular weight is 242 g/mol. The Morgan fingerprint density at radius 3 is 2.76 bits per heavy atom. The molecule has 0 saturated carbocycles. The Balaban J connectivity index is 1.79. The summed E-state index contributed by atoms with van der Waals surface area (Å²) in [6.45, 7) is 4.98. The van der Waals surface area contributed by atoms with Crippen LogP contribution in [0.2, 0.25) is 0 Å². The lowest BCUT2D eigenvalue weighted by Gasteiger charge is -2.26. The molecule has 0 aliphatic carbocycles. The number of halogens is 2. The maximum absolute atomic E-state index is 13.2. The number of nitrogens with zero attached hydrogens (tertiary/aromatic N) is 1. The summed E-state index contributed by atoms with van der Waals surface area (Å²) in [5.41, 5.74) is 0. The van der Waals surface area contributed by atoms with Crippen molar-refractivity contribution in [2.45, 2.75) is 0 Å². The lowest BCUT2D eigenvalue weighted by atomic mass is 10.3. The van der Waals surface area contributed by atoms with Crippen LogP contribution in [0.3, 0.4) is 0 Å². The van der Waals surface area contributed by atoms with Gasteiger partial charge in [-0.05, 0) is 12.1 Å². The van der Waals surface area contributed by atoms with E-state index in [1.807, 2.05) is 0 Å². The molecule has 0 radical (unpaired) electrons. The summed E-state index contributed by atoms with van der Waals surface area (Å²) in [6, 6.07) is 3.24. The van der Waals surface area contributed by atoms with E-state index in [0.717, 1.165) is 50.9 Å². The minimum Gasteiger partial charge on any atom is -0.489 e. The van der Waals surface area contributed by atoms with Crippen molar-refractivity contribution in [3.05, 3.63) is 29.8 Å². The van der Waals surface area contributed by atoms with E-state index in [0.29, 0.717) is 6.61 Å². The molecule has 1 N–H and O–H groups in total. The fraction of sp³-hybridized carbons (Fsp3) is 0.500. The molecule has 2 rings (SSSR count). The van der Waals surface area contributed by atoms with E-state index in [1.165, 1.54) is 0 Å². The predicted molar refractivity (Wildman–Crippen MR) is 61.2 cm³/mol. The van der Waals surface area contributed by atoms with Crippen LogP contribution in [0.25, 0.3) is 0 Å². The van der Waals surface area contributed by atoms with Gasteiger partial charge in [0.25, 0.3) is 0 Å². The Hall–Kier alpha value is -1.20. The van der Waals surface area contributed by atoms with E-state index in [4.69, 9.17) is 4.74 Å². The second kappa shape index (κ2) is 5.93. The Morgan fingerprint density at radius 1 is 1.24 bits per heavy atom. The summed E-state index contributed by atoms with van der Waals surface area (Å²) in [5, 5.41) is 3.25. The molecule has 1 saturated heterocycles. The molecule has 0 spiro atoms. The molecule has 0 amide bonds. The van der Waals surface area contributed by atoms with Crippen LogP contribution in [0.15, 0.2) is 18.2 Å². The second-order valence-electron chi connectivity index (χ2n) is 4.01. The number of nitrogens with one attached hydrogen (secondary N) is 1. The van der Waals surface area contributed by atoms with Crippen LogP contribution < -0.4 is 10.1 Å². The zero-order valence-corrected chi connectivity index (χ0v) is 9.59. The molecule has 1 aromatic carbocycles. The largest absolute Gasteiger partial charge is 0.489 e. The number of piperazine rings is 1. The molecule has 1 aliphatic heterocycles. The van der Waals surface area contributed by atoms with E-state index in [2.05, 4.69) is 10.2 Å². The minimum atomic E-state index is -0.522. The number of hydrogen-bond acceptors (Lipinski definition) is 3. The van der Waals surface area contributed by atoms with Gasteiger partial charge in [-0.1, -0.05) is 0 Å². The average Bonchev–Trinajstić information content (AvgIpc) is 2.35.